The number of rotatable bonds is 46. The van der Waals surface area contributed by atoms with Crippen LogP contribution in [0.1, 0.15) is 233 Å². The monoisotopic (exact) mass is 784 g/mol. The van der Waals surface area contributed by atoms with Gasteiger partial charge in [0.15, 0.2) is 6.29 Å². The van der Waals surface area contributed by atoms with Crippen LogP contribution >= 0.6 is 0 Å². The number of esters is 2. The number of hydrogen-bond acceptors (Lipinski definition) is 8. The minimum absolute atomic E-state index is 0.0398. The van der Waals surface area contributed by atoms with Crippen LogP contribution in [0.3, 0.4) is 0 Å². The standard InChI is InChI=1S/C47H93NO7/c1-4-7-10-13-16-23-30-41-52-45(50)34-25-18-17-19-28-37-48(39-40-49)38-29-20-24-31-42-53-46(51)35-26-27-36-47(54-43-32-21-14-11-8-5-2)55-44-33-22-15-12-9-6-3/h47,49H,4-44H2,1-3H3. The zero-order valence-electron chi connectivity index (χ0n) is 36.9. The summed E-state index contributed by atoms with van der Waals surface area (Å²) >= 11 is 0. The molecule has 0 atom stereocenters. The van der Waals surface area contributed by atoms with Crippen LogP contribution in [0, 0.1) is 0 Å². The molecule has 0 aromatic carbocycles. The van der Waals surface area contributed by atoms with Gasteiger partial charge in [0.25, 0.3) is 0 Å². The van der Waals surface area contributed by atoms with Crippen molar-refractivity contribution in [1.82, 2.24) is 4.90 Å². The Labute approximate surface area is 341 Å². The van der Waals surface area contributed by atoms with Gasteiger partial charge in [-0.25, -0.2) is 0 Å². The van der Waals surface area contributed by atoms with E-state index in [1.165, 1.54) is 96.3 Å². The summed E-state index contributed by atoms with van der Waals surface area (Å²) in [5.74, 6) is -0.132. The van der Waals surface area contributed by atoms with Crippen molar-refractivity contribution in [3.05, 3.63) is 0 Å². The van der Waals surface area contributed by atoms with Gasteiger partial charge in [-0.3, -0.25) is 9.59 Å². The third-order valence-electron chi connectivity index (χ3n) is 10.6. The fourth-order valence-corrected chi connectivity index (χ4v) is 6.97. The second kappa shape index (κ2) is 45.5. The molecule has 1 N–H and O–H groups in total. The van der Waals surface area contributed by atoms with Gasteiger partial charge in [0.05, 0.1) is 19.8 Å². The number of hydrogen-bond donors (Lipinski definition) is 1. The third-order valence-corrected chi connectivity index (χ3v) is 10.6. The van der Waals surface area contributed by atoms with Crippen molar-refractivity contribution in [1.29, 1.82) is 0 Å². The van der Waals surface area contributed by atoms with Crippen molar-refractivity contribution in [2.45, 2.75) is 239 Å². The van der Waals surface area contributed by atoms with E-state index >= 15 is 0 Å². The van der Waals surface area contributed by atoms with Gasteiger partial charge in [0.2, 0.25) is 0 Å². The van der Waals surface area contributed by atoms with Gasteiger partial charge in [0, 0.05) is 32.6 Å². The number of ether oxygens (including phenoxy) is 4. The molecule has 0 saturated carbocycles. The molecule has 0 aliphatic heterocycles. The van der Waals surface area contributed by atoms with E-state index in [2.05, 4.69) is 25.7 Å². The van der Waals surface area contributed by atoms with Gasteiger partial charge in [0.1, 0.15) is 0 Å². The molecule has 0 bridgehead atoms. The number of carbonyl (C=O) groups excluding carboxylic acids is 2. The van der Waals surface area contributed by atoms with Crippen LogP contribution in [0.2, 0.25) is 0 Å². The van der Waals surface area contributed by atoms with E-state index in [0.717, 1.165) is 136 Å². The third kappa shape index (κ3) is 42.2. The topological polar surface area (TPSA) is 94.5 Å². The molecule has 0 radical (unpaired) electrons. The van der Waals surface area contributed by atoms with Crippen LogP contribution in [0.5, 0.6) is 0 Å². The fourth-order valence-electron chi connectivity index (χ4n) is 6.97. The van der Waals surface area contributed by atoms with E-state index in [1.54, 1.807) is 0 Å². The lowest BCUT2D eigenvalue weighted by Gasteiger charge is -2.21. The van der Waals surface area contributed by atoms with Gasteiger partial charge in [-0.15, -0.1) is 0 Å². The highest BCUT2D eigenvalue weighted by atomic mass is 16.7. The van der Waals surface area contributed by atoms with Gasteiger partial charge >= 0.3 is 11.9 Å². The van der Waals surface area contributed by atoms with Gasteiger partial charge in [-0.1, -0.05) is 156 Å². The first-order valence-corrected chi connectivity index (χ1v) is 23.9. The fraction of sp³-hybridized carbons (Fsp3) is 0.957. The highest BCUT2D eigenvalue weighted by molar-refractivity contribution is 5.69. The van der Waals surface area contributed by atoms with Crippen molar-refractivity contribution in [3.8, 4) is 0 Å². The molecule has 8 nitrogen and oxygen atoms in total. The first-order chi connectivity index (χ1) is 27.1. The molecule has 0 fully saturated rings. The predicted octanol–water partition coefficient (Wildman–Crippen LogP) is 12.7. The SMILES string of the molecule is CCCCCCCCCOC(=O)CCCCCCCN(CCO)CCCCCCOC(=O)CCCCC(OCCCCCCCC)OCCCCCCCC. The van der Waals surface area contributed by atoms with Crippen molar-refractivity contribution in [2.24, 2.45) is 0 Å². The second-order valence-corrected chi connectivity index (χ2v) is 16.0. The van der Waals surface area contributed by atoms with Crippen LogP contribution in [0.25, 0.3) is 0 Å². The Hall–Kier alpha value is -1.22. The molecule has 0 aliphatic rings. The van der Waals surface area contributed by atoms with E-state index in [4.69, 9.17) is 18.9 Å². The van der Waals surface area contributed by atoms with Crippen LogP contribution in [0.4, 0.5) is 0 Å². The Morgan fingerprint density at radius 2 is 0.764 bits per heavy atom. The van der Waals surface area contributed by atoms with Crippen LogP contribution in [-0.2, 0) is 28.5 Å². The summed E-state index contributed by atoms with van der Waals surface area (Å²) in [5.41, 5.74) is 0. The lowest BCUT2D eigenvalue weighted by Crippen LogP contribution is -2.29. The van der Waals surface area contributed by atoms with E-state index in [0.29, 0.717) is 26.1 Å². The number of nitrogens with zero attached hydrogens (tertiary/aromatic N) is 1. The van der Waals surface area contributed by atoms with Crippen molar-refractivity contribution < 1.29 is 33.6 Å². The molecule has 0 amide bonds. The van der Waals surface area contributed by atoms with Crippen molar-refractivity contribution in [2.75, 3.05) is 52.7 Å². The molecular formula is C47H93NO7. The highest BCUT2D eigenvalue weighted by Gasteiger charge is 2.11. The maximum Gasteiger partial charge on any atom is 0.305 e. The van der Waals surface area contributed by atoms with Crippen LogP contribution < -0.4 is 0 Å². The molecule has 0 saturated heterocycles. The number of carbonyl (C=O) groups is 2. The average molecular weight is 784 g/mol. The Morgan fingerprint density at radius 1 is 0.418 bits per heavy atom. The van der Waals surface area contributed by atoms with E-state index < -0.39 is 0 Å². The summed E-state index contributed by atoms with van der Waals surface area (Å²) in [7, 11) is 0. The lowest BCUT2D eigenvalue weighted by atomic mass is 10.1. The van der Waals surface area contributed by atoms with Crippen molar-refractivity contribution >= 4 is 11.9 Å². The lowest BCUT2D eigenvalue weighted by molar-refractivity contribution is -0.149. The largest absolute Gasteiger partial charge is 0.466 e. The van der Waals surface area contributed by atoms with Crippen molar-refractivity contribution in [3.63, 3.8) is 0 Å². The van der Waals surface area contributed by atoms with E-state index in [9.17, 15) is 14.7 Å². The maximum atomic E-state index is 12.3. The number of aliphatic hydroxyl groups is 1. The average Bonchev–Trinajstić information content (AvgIpc) is 3.18. The first-order valence-electron chi connectivity index (χ1n) is 23.9. The molecule has 0 aliphatic carbocycles. The molecule has 0 aromatic rings. The molecule has 0 rings (SSSR count). The minimum Gasteiger partial charge on any atom is -0.466 e. The number of unbranched alkanes of at least 4 members (excludes halogenated alkanes) is 24. The predicted molar refractivity (Wildman–Crippen MR) is 231 cm³/mol. The minimum atomic E-state index is -0.159. The molecule has 0 heterocycles. The zero-order valence-corrected chi connectivity index (χ0v) is 36.9. The summed E-state index contributed by atoms with van der Waals surface area (Å²) in [6.07, 6.45) is 36.6. The summed E-state index contributed by atoms with van der Waals surface area (Å²) in [4.78, 5) is 26.7. The molecule has 8 heteroatoms. The quantitative estimate of drug-likeness (QED) is 0.0370. The smallest absolute Gasteiger partial charge is 0.305 e. The number of aliphatic hydroxyl groups excluding tert-OH is 1. The molecule has 0 unspecified atom stereocenters. The summed E-state index contributed by atoms with van der Waals surface area (Å²) < 4.78 is 23.2. The van der Waals surface area contributed by atoms with Crippen LogP contribution in [0.15, 0.2) is 0 Å². The van der Waals surface area contributed by atoms with Gasteiger partial charge < -0.3 is 29.0 Å². The second-order valence-electron chi connectivity index (χ2n) is 16.0. The van der Waals surface area contributed by atoms with Gasteiger partial charge in [-0.2, -0.15) is 0 Å². The Bertz CT molecular complexity index is 764. The Kier molecular flexibility index (Phi) is 44.5. The highest BCUT2D eigenvalue weighted by Crippen LogP contribution is 2.14. The first kappa shape index (κ1) is 53.8. The Morgan fingerprint density at radius 3 is 1.18 bits per heavy atom. The molecular weight excluding hydrogens is 691 g/mol. The van der Waals surface area contributed by atoms with Crippen LogP contribution in [-0.4, -0.2) is 80.9 Å². The molecule has 328 valence electrons. The zero-order chi connectivity index (χ0) is 40.1. The molecule has 0 aromatic heterocycles. The summed E-state index contributed by atoms with van der Waals surface area (Å²) in [6, 6.07) is 0. The van der Waals surface area contributed by atoms with Gasteiger partial charge in [-0.05, 0) is 77.3 Å². The molecule has 55 heavy (non-hydrogen) atoms. The Balaban J connectivity index is 3.90. The maximum absolute atomic E-state index is 12.3. The molecule has 0 spiro atoms. The van der Waals surface area contributed by atoms with E-state index in [1.807, 2.05) is 0 Å². The van der Waals surface area contributed by atoms with E-state index in [-0.39, 0.29) is 24.8 Å². The normalized spacial score (nSPS) is 11.6. The summed E-state index contributed by atoms with van der Waals surface area (Å²) in [5, 5.41) is 9.53. The summed E-state index contributed by atoms with van der Waals surface area (Å²) in [6.45, 7) is 12.3.